The van der Waals surface area contributed by atoms with Crippen LogP contribution in [-0.2, 0) is 6.42 Å². The molecule has 1 amide bonds. The molecule has 1 atom stereocenters. The fourth-order valence-electron chi connectivity index (χ4n) is 3.17. The number of hydrogen-bond donors (Lipinski definition) is 1. The molecule has 3 rings (SSSR count). The van der Waals surface area contributed by atoms with Crippen LogP contribution in [0.25, 0.3) is 11.3 Å². The number of amides is 1. The van der Waals surface area contributed by atoms with Gasteiger partial charge in [-0.1, -0.05) is 35.5 Å². The van der Waals surface area contributed by atoms with Gasteiger partial charge in [0.1, 0.15) is 17.1 Å². The van der Waals surface area contributed by atoms with E-state index < -0.39 is 0 Å². The van der Waals surface area contributed by atoms with Crippen molar-refractivity contribution in [2.45, 2.75) is 32.7 Å². The van der Waals surface area contributed by atoms with Gasteiger partial charge in [-0.15, -0.1) is 0 Å². The Morgan fingerprint density at radius 3 is 2.38 bits per heavy atom. The van der Waals surface area contributed by atoms with Crippen LogP contribution in [0.5, 0.6) is 11.5 Å². The molecular weight excluding hydrogens is 368 g/mol. The lowest BCUT2D eigenvalue weighted by Gasteiger charge is -2.14. The van der Waals surface area contributed by atoms with Gasteiger partial charge >= 0.3 is 0 Å². The summed E-state index contributed by atoms with van der Waals surface area (Å²) in [7, 11) is 3.15. The molecule has 0 aliphatic carbocycles. The summed E-state index contributed by atoms with van der Waals surface area (Å²) in [6, 6.07) is 15.6. The number of nitrogens with one attached hydrogen (secondary N) is 1. The van der Waals surface area contributed by atoms with E-state index in [0.717, 1.165) is 12.8 Å². The first kappa shape index (κ1) is 20.5. The Morgan fingerprint density at radius 1 is 1.10 bits per heavy atom. The zero-order chi connectivity index (χ0) is 20.8. The quantitative estimate of drug-likeness (QED) is 0.612. The van der Waals surface area contributed by atoms with Crippen molar-refractivity contribution in [2.75, 3.05) is 14.2 Å². The van der Waals surface area contributed by atoms with E-state index in [9.17, 15) is 4.79 Å². The Kier molecular flexibility index (Phi) is 6.54. The number of nitrogens with zero attached hydrogens (tertiary/aromatic N) is 1. The molecule has 6 heteroatoms. The van der Waals surface area contributed by atoms with Gasteiger partial charge in [-0.3, -0.25) is 4.79 Å². The Morgan fingerprint density at radius 2 is 1.76 bits per heavy atom. The number of aromatic nitrogens is 1. The summed E-state index contributed by atoms with van der Waals surface area (Å²) < 4.78 is 16.1. The molecule has 0 bridgehead atoms. The van der Waals surface area contributed by atoms with E-state index >= 15 is 0 Å². The fraction of sp³-hybridized carbons (Fsp3) is 0.304. The molecule has 2 aromatic carbocycles. The smallest absolute Gasteiger partial charge is 0.257 e. The van der Waals surface area contributed by atoms with Crippen LogP contribution in [0.1, 0.15) is 35.0 Å². The van der Waals surface area contributed by atoms with Crippen molar-refractivity contribution in [3.8, 4) is 22.8 Å². The highest BCUT2D eigenvalue weighted by Crippen LogP contribution is 2.33. The second-order valence-corrected chi connectivity index (χ2v) is 6.97. The second-order valence-electron chi connectivity index (χ2n) is 6.97. The molecule has 0 aliphatic heterocycles. The molecule has 0 aliphatic rings. The molecule has 0 radical (unpaired) electrons. The highest BCUT2D eigenvalue weighted by molar-refractivity contribution is 6.00. The Balaban J connectivity index is 1.77. The maximum atomic E-state index is 13.0. The average molecular weight is 394 g/mol. The van der Waals surface area contributed by atoms with Crippen LogP contribution in [0.15, 0.2) is 53.1 Å². The molecule has 1 heterocycles. The van der Waals surface area contributed by atoms with E-state index in [1.54, 1.807) is 39.3 Å². The molecule has 0 unspecified atom stereocenters. The van der Waals surface area contributed by atoms with Crippen LogP contribution in [0.2, 0.25) is 0 Å². The number of carbonyl (C=O) groups is 1. The largest absolute Gasteiger partial charge is 0.497 e. The summed E-state index contributed by atoms with van der Waals surface area (Å²) in [4.78, 5) is 13.0. The summed E-state index contributed by atoms with van der Waals surface area (Å²) in [6.45, 7) is 3.76. The number of aryl methyl sites for hydroxylation is 2. The minimum absolute atomic E-state index is 0.00435. The molecule has 1 N–H and O–H groups in total. The number of ether oxygens (including phenoxy) is 2. The van der Waals surface area contributed by atoms with Gasteiger partial charge in [-0.25, -0.2) is 0 Å². The highest BCUT2D eigenvalue weighted by Gasteiger charge is 2.23. The van der Waals surface area contributed by atoms with Gasteiger partial charge in [0.25, 0.3) is 5.91 Å². The molecule has 1 aromatic heterocycles. The predicted molar refractivity (Wildman–Crippen MR) is 111 cm³/mol. The predicted octanol–water partition coefficient (Wildman–Crippen LogP) is 4.42. The fourth-order valence-corrected chi connectivity index (χ4v) is 3.17. The van der Waals surface area contributed by atoms with Crippen molar-refractivity contribution >= 4 is 5.91 Å². The third-order valence-electron chi connectivity index (χ3n) is 4.79. The molecule has 3 aromatic rings. The minimum atomic E-state index is -0.207. The van der Waals surface area contributed by atoms with Crippen molar-refractivity contribution in [3.05, 3.63) is 65.4 Å². The first-order chi connectivity index (χ1) is 14.0. The van der Waals surface area contributed by atoms with Gasteiger partial charge < -0.3 is 19.3 Å². The van der Waals surface area contributed by atoms with Gasteiger partial charge in [0.2, 0.25) is 0 Å². The molecule has 0 saturated carbocycles. The van der Waals surface area contributed by atoms with Crippen LogP contribution in [0, 0.1) is 6.92 Å². The standard InChI is InChI=1S/C23H26N2O4/c1-15(10-11-17-8-6-5-7-9-17)24-23(26)21-16(2)25-29-22(21)18-12-19(27-3)14-20(13-18)28-4/h5-9,12-15H,10-11H2,1-4H3,(H,24,26)/t15-/m0/s1. The summed E-state index contributed by atoms with van der Waals surface area (Å²) in [6.07, 6.45) is 1.73. The van der Waals surface area contributed by atoms with E-state index in [2.05, 4.69) is 22.6 Å². The third-order valence-corrected chi connectivity index (χ3v) is 4.79. The van der Waals surface area contributed by atoms with Crippen LogP contribution in [0.4, 0.5) is 0 Å². The van der Waals surface area contributed by atoms with E-state index in [-0.39, 0.29) is 11.9 Å². The number of rotatable bonds is 8. The van der Waals surface area contributed by atoms with Crippen LogP contribution >= 0.6 is 0 Å². The van der Waals surface area contributed by atoms with Crippen molar-refractivity contribution < 1.29 is 18.8 Å². The number of hydrogen-bond acceptors (Lipinski definition) is 5. The first-order valence-electron chi connectivity index (χ1n) is 9.56. The lowest BCUT2D eigenvalue weighted by molar-refractivity contribution is 0.0938. The van der Waals surface area contributed by atoms with Crippen molar-refractivity contribution in [1.82, 2.24) is 10.5 Å². The number of methoxy groups -OCH3 is 2. The minimum Gasteiger partial charge on any atom is -0.497 e. The molecule has 152 valence electrons. The van der Waals surface area contributed by atoms with Crippen LogP contribution in [0.3, 0.4) is 0 Å². The molecular formula is C23H26N2O4. The van der Waals surface area contributed by atoms with Crippen molar-refractivity contribution in [1.29, 1.82) is 0 Å². The lowest BCUT2D eigenvalue weighted by Crippen LogP contribution is -2.33. The summed E-state index contributed by atoms with van der Waals surface area (Å²) in [5.74, 6) is 1.40. The Bertz CT molecular complexity index is 944. The number of benzene rings is 2. The lowest BCUT2D eigenvalue weighted by atomic mass is 10.0. The average Bonchev–Trinajstić information content (AvgIpc) is 3.14. The summed E-state index contributed by atoms with van der Waals surface area (Å²) in [5, 5.41) is 7.07. The molecule has 29 heavy (non-hydrogen) atoms. The van der Waals surface area contributed by atoms with Crippen LogP contribution in [-0.4, -0.2) is 31.3 Å². The topological polar surface area (TPSA) is 73.6 Å². The highest BCUT2D eigenvalue weighted by atomic mass is 16.5. The van der Waals surface area contributed by atoms with Gasteiger partial charge in [0.05, 0.1) is 19.9 Å². The third kappa shape index (κ3) is 4.96. The van der Waals surface area contributed by atoms with Crippen molar-refractivity contribution in [2.24, 2.45) is 0 Å². The van der Waals surface area contributed by atoms with Gasteiger partial charge in [0.15, 0.2) is 5.76 Å². The van der Waals surface area contributed by atoms with E-state index in [1.165, 1.54) is 5.56 Å². The Hall–Kier alpha value is -3.28. The van der Waals surface area contributed by atoms with Crippen LogP contribution < -0.4 is 14.8 Å². The van der Waals surface area contributed by atoms with Gasteiger partial charge in [0, 0.05) is 17.7 Å². The first-order valence-corrected chi connectivity index (χ1v) is 9.56. The van der Waals surface area contributed by atoms with Gasteiger partial charge in [-0.2, -0.15) is 0 Å². The maximum absolute atomic E-state index is 13.0. The maximum Gasteiger partial charge on any atom is 0.257 e. The summed E-state index contributed by atoms with van der Waals surface area (Å²) >= 11 is 0. The summed E-state index contributed by atoms with van der Waals surface area (Å²) in [5.41, 5.74) is 2.88. The Labute approximate surface area is 170 Å². The molecule has 6 nitrogen and oxygen atoms in total. The van der Waals surface area contributed by atoms with E-state index in [1.807, 2.05) is 25.1 Å². The van der Waals surface area contributed by atoms with Crippen molar-refractivity contribution in [3.63, 3.8) is 0 Å². The monoisotopic (exact) mass is 394 g/mol. The molecule has 0 spiro atoms. The SMILES string of the molecule is COc1cc(OC)cc(-c2onc(C)c2C(=O)N[C@@H](C)CCc2ccccc2)c1. The number of carbonyl (C=O) groups excluding carboxylic acids is 1. The molecule has 0 saturated heterocycles. The second kappa shape index (κ2) is 9.28. The zero-order valence-corrected chi connectivity index (χ0v) is 17.2. The van der Waals surface area contributed by atoms with Gasteiger partial charge in [-0.05, 0) is 44.4 Å². The zero-order valence-electron chi connectivity index (χ0n) is 17.2. The van der Waals surface area contributed by atoms with E-state index in [0.29, 0.717) is 34.1 Å². The normalized spacial score (nSPS) is 11.7. The van der Waals surface area contributed by atoms with E-state index in [4.69, 9.17) is 14.0 Å². The molecule has 0 fully saturated rings.